The largest absolute Gasteiger partial charge is 0.371 e. The van der Waals surface area contributed by atoms with Crippen LogP contribution in [0, 0.1) is 0 Å². The van der Waals surface area contributed by atoms with E-state index in [1.54, 1.807) is 6.08 Å². The highest BCUT2D eigenvalue weighted by atomic mass is 15.3. The van der Waals surface area contributed by atoms with E-state index in [1.807, 2.05) is 6.08 Å². The molecule has 1 fully saturated rings. The smallest absolute Gasteiger partial charge is 0.0432 e. The fraction of sp³-hybridized carbons (Fsp3) is 0.429. The molecule has 1 heterocycles. The van der Waals surface area contributed by atoms with Gasteiger partial charge in [0.2, 0.25) is 0 Å². The molecule has 1 aliphatic heterocycles. The standard InChI is InChI=1S/C7H11N/c1-3-4-5-8-6-7(8)2/h3-5,7H,1,6H2,2H3/t7-,8?/m0/s1. The zero-order chi connectivity index (χ0) is 5.98. The van der Waals surface area contributed by atoms with E-state index in [2.05, 4.69) is 24.6 Å². The summed E-state index contributed by atoms with van der Waals surface area (Å²) in [5, 5.41) is 0. The summed E-state index contributed by atoms with van der Waals surface area (Å²) in [7, 11) is 0. The first kappa shape index (κ1) is 5.42. The van der Waals surface area contributed by atoms with Gasteiger partial charge in [-0.2, -0.15) is 0 Å². The molecule has 0 N–H and O–H groups in total. The van der Waals surface area contributed by atoms with Crippen molar-refractivity contribution in [2.24, 2.45) is 0 Å². The molecule has 1 nitrogen and oxygen atoms in total. The second kappa shape index (κ2) is 2.03. The number of hydrogen-bond acceptors (Lipinski definition) is 1. The first-order valence-corrected chi connectivity index (χ1v) is 2.89. The maximum Gasteiger partial charge on any atom is 0.0432 e. The Morgan fingerprint density at radius 2 is 2.38 bits per heavy atom. The molecule has 0 amide bonds. The van der Waals surface area contributed by atoms with Crippen molar-refractivity contribution in [3.8, 4) is 0 Å². The third-order valence-corrected chi connectivity index (χ3v) is 1.32. The second-order valence-corrected chi connectivity index (χ2v) is 2.12. The van der Waals surface area contributed by atoms with Crippen molar-refractivity contribution < 1.29 is 0 Å². The van der Waals surface area contributed by atoms with Gasteiger partial charge in [0.15, 0.2) is 0 Å². The van der Waals surface area contributed by atoms with Crippen molar-refractivity contribution in [2.75, 3.05) is 6.54 Å². The maximum atomic E-state index is 3.57. The number of nitrogens with zero attached hydrogens (tertiary/aromatic N) is 1. The fourth-order valence-corrected chi connectivity index (χ4v) is 0.637. The average molecular weight is 109 g/mol. The quantitative estimate of drug-likeness (QED) is 0.382. The molecule has 1 saturated heterocycles. The van der Waals surface area contributed by atoms with E-state index >= 15 is 0 Å². The van der Waals surface area contributed by atoms with E-state index in [0.717, 1.165) is 6.04 Å². The lowest BCUT2D eigenvalue weighted by Crippen LogP contribution is -1.83. The van der Waals surface area contributed by atoms with E-state index in [1.165, 1.54) is 6.54 Å². The Balaban J connectivity index is 2.21. The lowest BCUT2D eigenvalue weighted by Gasteiger charge is -1.86. The predicted octanol–water partition coefficient (Wildman–Crippen LogP) is 1.39. The number of allylic oxidation sites excluding steroid dienone is 2. The fourth-order valence-electron chi connectivity index (χ4n) is 0.637. The minimum atomic E-state index is 0.770. The molecule has 8 heavy (non-hydrogen) atoms. The van der Waals surface area contributed by atoms with E-state index < -0.39 is 0 Å². The monoisotopic (exact) mass is 109 g/mol. The van der Waals surface area contributed by atoms with Gasteiger partial charge in [-0.3, -0.25) is 0 Å². The van der Waals surface area contributed by atoms with E-state index in [4.69, 9.17) is 0 Å². The lowest BCUT2D eigenvalue weighted by molar-refractivity contribution is 0.702. The average Bonchev–Trinajstić information content (AvgIpc) is 2.42. The molecule has 0 aromatic carbocycles. The summed E-state index contributed by atoms with van der Waals surface area (Å²) in [5.74, 6) is 0. The van der Waals surface area contributed by atoms with Gasteiger partial charge in [0.25, 0.3) is 0 Å². The zero-order valence-corrected chi connectivity index (χ0v) is 5.17. The van der Waals surface area contributed by atoms with Crippen LogP contribution in [-0.4, -0.2) is 17.5 Å². The molecule has 1 rings (SSSR count). The molecule has 1 aliphatic rings. The van der Waals surface area contributed by atoms with Crippen molar-refractivity contribution >= 4 is 0 Å². The van der Waals surface area contributed by atoms with Gasteiger partial charge < -0.3 is 4.90 Å². The Bertz CT molecular complexity index is 116. The summed E-state index contributed by atoms with van der Waals surface area (Å²) in [6.45, 7) is 6.99. The molecular formula is C7H11N. The van der Waals surface area contributed by atoms with Crippen molar-refractivity contribution in [2.45, 2.75) is 13.0 Å². The van der Waals surface area contributed by atoms with Crippen LogP contribution < -0.4 is 0 Å². The predicted molar refractivity (Wildman–Crippen MR) is 35.5 cm³/mol. The van der Waals surface area contributed by atoms with Crippen molar-refractivity contribution in [1.29, 1.82) is 0 Å². The highest BCUT2D eigenvalue weighted by Crippen LogP contribution is 2.15. The van der Waals surface area contributed by atoms with Crippen LogP contribution in [0.3, 0.4) is 0 Å². The summed E-state index contributed by atoms with van der Waals surface area (Å²) < 4.78 is 0. The topological polar surface area (TPSA) is 3.01 Å². The minimum absolute atomic E-state index is 0.770. The summed E-state index contributed by atoms with van der Waals surface area (Å²) >= 11 is 0. The first-order chi connectivity index (χ1) is 3.84. The van der Waals surface area contributed by atoms with Crippen molar-refractivity contribution in [3.63, 3.8) is 0 Å². The molecule has 0 aromatic heterocycles. The van der Waals surface area contributed by atoms with Gasteiger partial charge in [-0.15, -0.1) is 0 Å². The molecule has 0 bridgehead atoms. The van der Waals surface area contributed by atoms with Crippen LogP contribution in [0.25, 0.3) is 0 Å². The molecule has 0 aliphatic carbocycles. The SMILES string of the molecule is C=CC=CN1C[C@@H]1C. The maximum absolute atomic E-state index is 3.57. The van der Waals surface area contributed by atoms with Gasteiger partial charge in [0, 0.05) is 12.6 Å². The first-order valence-electron chi connectivity index (χ1n) is 2.89. The van der Waals surface area contributed by atoms with Crippen LogP contribution in [0.2, 0.25) is 0 Å². The molecule has 0 unspecified atom stereocenters. The Kier molecular flexibility index (Phi) is 1.38. The van der Waals surface area contributed by atoms with Crippen molar-refractivity contribution in [1.82, 2.24) is 4.90 Å². The van der Waals surface area contributed by atoms with Gasteiger partial charge in [-0.25, -0.2) is 0 Å². The van der Waals surface area contributed by atoms with E-state index in [0.29, 0.717) is 0 Å². The molecule has 1 atom stereocenters. The summed E-state index contributed by atoms with van der Waals surface area (Å²) in [6.07, 6.45) is 5.83. The third kappa shape index (κ3) is 1.12. The Labute approximate surface area is 50.3 Å². The van der Waals surface area contributed by atoms with Gasteiger partial charge in [0.1, 0.15) is 0 Å². The zero-order valence-electron chi connectivity index (χ0n) is 5.17. The van der Waals surface area contributed by atoms with Crippen LogP contribution >= 0.6 is 0 Å². The normalized spacial score (nSPS) is 26.6. The van der Waals surface area contributed by atoms with Gasteiger partial charge >= 0.3 is 0 Å². The second-order valence-electron chi connectivity index (χ2n) is 2.12. The third-order valence-electron chi connectivity index (χ3n) is 1.32. The molecule has 1 heteroatoms. The Morgan fingerprint density at radius 1 is 1.75 bits per heavy atom. The van der Waals surface area contributed by atoms with Crippen LogP contribution in [0.1, 0.15) is 6.92 Å². The number of rotatable bonds is 2. The molecule has 0 aromatic rings. The van der Waals surface area contributed by atoms with Crippen LogP contribution in [0.4, 0.5) is 0 Å². The van der Waals surface area contributed by atoms with Gasteiger partial charge in [-0.05, 0) is 19.2 Å². The summed E-state index contributed by atoms with van der Waals surface area (Å²) in [5.41, 5.74) is 0. The number of hydrogen-bond donors (Lipinski definition) is 0. The summed E-state index contributed by atoms with van der Waals surface area (Å²) in [4.78, 5) is 2.25. The Hall–Kier alpha value is -0.720. The van der Waals surface area contributed by atoms with Crippen LogP contribution in [0.15, 0.2) is 24.9 Å². The van der Waals surface area contributed by atoms with Gasteiger partial charge in [0.05, 0.1) is 0 Å². The molecule has 0 saturated carbocycles. The highest BCUT2D eigenvalue weighted by molar-refractivity contribution is 5.03. The Morgan fingerprint density at radius 3 is 2.75 bits per heavy atom. The molecule has 44 valence electrons. The van der Waals surface area contributed by atoms with Crippen molar-refractivity contribution in [3.05, 3.63) is 24.9 Å². The van der Waals surface area contributed by atoms with E-state index in [9.17, 15) is 0 Å². The molecule has 0 spiro atoms. The minimum Gasteiger partial charge on any atom is -0.371 e. The highest BCUT2D eigenvalue weighted by Gasteiger charge is 2.23. The molecule has 0 radical (unpaired) electrons. The van der Waals surface area contributed by atoms with Gasteiger partial charge in [-0.1, -0.05) is 12.7 Å². The molecular weight excluding hydrogens is 98.1 g/mol. The lowest BCUT2D eigenvalue weighted by atomic mass is 10.5. The van der Waals surface area contributed by atoms with Crippen LogP contribution in [0.5, 0.6) is 0 Å². The van der Waals surface area contributed by atoms with E-state index in [-0.39, 0.29) is 0 Å². The van der Waals surface area contributed by atoms with Crippen LogP contribution in [-0.2, 0) is 0 Å². The summed E-state index contributed by atoms with van der Waals surface area (Å²) in [6, 6.07) is 0.770.